The number of rotatable bonds is 4. The van der Waals surface area contributed by atoms with Gasteiger partial charge in [0, 0.05) is 17.5 Å². The summed E-state index contributed by atoms with van der Waals surface area (Å²) in [5, 5.41) is 9.72. The van der Waals surface area contributed by atoms with E-state index in [4.69, 9.17) is 10.8 Å². The number of hydrogen-bond acceptors (Lipinski definition) is 3. The van der Waals surface area contributed by atoms with Crippen LogP contribution in [0.1, 0.15) is 16.9 Å². The number of carbonyl (C=O) groups excluding carboxylic acids is 1. The molecule has 4 heteroatoms. The summed E-state index contributed by atoms with van der Waals surface area (Å²) < 4.78 is 0. The summed E-state index contributed by atoms with van der Waals surface area (Å²) in [6, 6.07) is 8.80. The number of fused-ring (bicyclic) bond motifs is 1. The van der Waals surface area contributed by atoms with Crippen LogP contribution >= 0.6 is 0 Å². The number of ketones is 1. The number of aromatic nitrogens is 1. The van der Waals surface area contributed by atoms with Crippen LogP contribution in [0.4, 0.5) is 0 Å². The fourth-order valence-corrected chi connectivity index (χ4v) is 1.68. The summed E-state index contributed by atoms with van der Waals surface area (Å²) in [6.45, 7) is -0.0763. The molecule has 1 aromatic carbocycles. The van der Waals surface area contributed by atoms with Crippen LogP contribution in [0.15, 0.2) is 30.3 Å². The Morgan fingerprint density at radius 2 is 2.19 bits per heavy atom. The minimum Gasteiger partial charge on any atom is -0.396 e. The van der Waals surface area contributed by atoms with E-state index in [0.29, 0.717) is 5.69 Å². The largest absolute Gasteiger partial charge is 0.396 e. The number of benzene rings is 1. The van der Waals surface area contributed by atoms with Gasteiger partial charge in [-0.05, 0) is 18.6 Å². The molecule has 0 saturated carbocycles. The molecule has 1 atom stereocenters. The van der Waals surface area contributed by atoms with Crippen LogP contribution in [-0.2, 0) is 0 Å². The van der Waals surface area contributed by atoms with E-state index < -0.39 is 6.04 Å². The molecule has 4 nitrogen and oxygen atoms in total. The van der Waals surface area contributed by atoms with Crippen molar-refractivity contribution in [2.45, 2.75) is 12.5 Å². The van der Waals surface area contributed by atoms with Crippen LogP contribution in [0.5, 0.6) is 0 Å². The van der Waals surface area contributed by atoms with E-state index in [1.54, 1.807) is 6.07 Å². The average Bonchev–Trinajstić information content (AvgIpc) is 2.71. The van der Waals surface area contributed by atoms with Crippen LogP contribution < -0.4 is 5.73 Å². The summed E-state index contributed by atoms with van der Waals surface area (Å²) >= 11 is 0. The van der Waals surface area contributed by atoms with Gasteiger partial charge in [-0.3, -0.25) is 4.79 Å². The quantitative estimate of drug-likeness (QED) is 0.671. The highest BCUT2D eigenvalue weighted by molar-refractivity contribution is 6.02. The van der Waals surface area contributed by atoms with Crippen LogP contribution in [0, 0.1) is 0 Å². The third-order valence-corrected chi connectivity index (χ3v) is 2.57. The van der Waals surface area contributed by atoms with E-state index in [1.165, 1.54) is 0 Å². The fourth-order valence-electron chi connectivity index (χ4n) is 1.68. The molecule has 0 saturated heterocycles. The molecule has 0 spiro atoms. The van der Waals surface area contributed by atoms with Gasteiger partial charge in [0.25, 0.3) is 0 Å². The predicted molar refractivity (Wildman–Crippen MR) is 62.3 cm³/mol. The standard InChI is InChI=1S/C12H14N2O2/c13-9(5-6-15)12(16)11-7-8-3-1-2-4-10(8)14-11/h1-4,7,9,14-15H,5-6,13H2. The minimum atomic E-state index is -0.641. The zero-order chi connectivity index (χ0) is 11.5. The smallest absolute Gasteiger partial charge is 0.195 e. The molecule has 0 amide bonds. The predicted octanol–water partition coefficient (Wildman–Crippen LogP) is 1.06. The van der Waals surface area contributed by atoms with Gasteiger partial charge >= 0.3 is 0 Å². The van der Waals surface area contributed by atoms with Crippen molar-refractivity contribution in [3.05, 3.63) is 36.0 Å². The van der Waals surface area contributed by atoms with Gasteiger partial charge < -0.3 is 15.8 Å². The molecule has 2 rings (SSSR count). The molecular formula is C12H14N2O2. The van der Waals surface area contributed by atoms with Gasteiger partial charge in [-0.25, -0.2) is 0 Å². The fraction of sp³-hybridized carbons (Fsp3) is 0.250. The zero-order valence-electron chi connectivity index (χ0n) is 8.81. The van der Waals surface area contributed by atoms with Crippen LogP contribution in [0.3, 0.4) is 0 Å². The monoisotopic (exact) mass is 218 g/mol. The summed E-state index contributed by atoms with van der Waals surface area (Å²) in [5.41, 5.74) is 7.07. The van der Waals surface area contributed by atoms with Gasteiger partial charge in [0.2, 0.25) is 0 Å². The summed E-state index contributed by atoms with van der Waals surface area (Å²) in [7, 11) is 0. The second-order valence-electron chi connectivity index (χ2n) is 3.75. The number of aliphatic hydroxyl groups excluding tert-OH is 1. The van der Waals surface area contributed by atoms with Crippen LogP contribution in [0.25, 0.3) is 10.9 Å². The number of hydrogen-bond donors (Lipinski definition) is 3. The second kappa shape index (κ2) is 4.47. The van der Waals surface area contributed by atoms with Gasteiger partial charge in [0.15, 0.2) is 5.78 Å². The Balaban J connectivity index is 2.29. The maximum atomic E-state index is 11.8. The van der Waals surface area contributed by atoms with E-state index in [-0.39, 0.29) is 18.8 Å². The number of Topliss-reactive ketones (excluding diaryl/α,β-unsaturated/α-hetero) is 1. The first-order valence-corrected chi connectivity index (χ1v) is 5.21. The first kappa shape index (κ1) is 10.9. The molecule has 0 aliphatic heterocycles. The number of carbonyl (C=O) groups is 1. The maximum Gasteiger partial charge on any atom is 0.195 e. The third kappa shape index (κ3) is 1.98. The first-order chi connectivity index (χ1) is 7.72. The lowest BCUT2D eigenvalue weighted by Gasteiger charge is -2.06. The molecule has 0 radical (unpaired) electrons. The first-order valence-electron chi connectivity index (χ1n) is 5.21. The number of nitrogens with two attached hydrogens (primary N) is 1. The molecule has 16 heavy (non-hydrogen) atoms. The van der Waals surface area contributed by atoms with E-state index in [2.05, 4.69) is 4.98 Å². The molecular weight excluding hydrogens is 204 g/mol. The van der Waals surface area contributed by atoms with E-state index in [0.717, 1.165) is 10.9 Å². The highest BCUT2D eigenvalue weighted by Crippen LogP contribution is 2.15. The van der Waals surface area contributed by atoms with Crippen molar-refractivity contribution in [3.63, 3.8) is 0 Å². The van der Waals surface area contributed by atoms with Gasteiger partial charge in [-0.15, -0.1) is 0 Å². The Morgan fingerprint density at radius 1 is 1.44 bits per heavy atom. The third-order valence-electron chi connectivity index (χ3n) is 2.57. The molecule has 4 N–H and O–H groups in total. The molecule has 1 heterocycles. The number of aliphatic hydroxyl groups is 1. The number of H-pyrrole nitrogens is 1. The molecule has 1 aromatic heterocycles. The lowest BCUT2D eigenvalue weighted by Crippen LogP contribution is -2.31. The van der Waals surface area contributed by atoms with E-state index in [1.807, 2.05) is 24.3 Å². The van der Waals surface area contributed by atoms with Gasteiger partial charge in [-0.2, -0.15) is 0 Å². The number of para-hydroxylation sites is 1. The molecule has 0 fully saturated rings. The zero-order valence-corrected chi connectivity index (χ0v) is 8.81. The Bertz CT molecular complexity index is 471. The lowest BCUT2D eigenvalue weighted by molar-refractivity contribution is 0.0941. The number of nitrogens with one attached hydrogen (secondary N) is 1. The highest BCUT2D eigenvalue weighted by Gasteiger charge is 2.16. The maximum absolute atomic E-state index is 11.8. The molecule has 2 aromatic rings. The normalized spacial score (nSPS) is 12.9. The number of aromatic amines is 1. The Morgan fingerprint density at radius 3 is 2.88 bits per heavy atom. The molecule has 1 unspecified atom stereocenters. The van der Waals surface area contributed by atoms with Gasteiger partial charge in [-0.1, -0.05) is 18.2 Å². The van der Waals surface area contributed by atoms with Crippen molar-refractivity contribution >= 4 is 16.7 Å². The molecule has 0 aliphatic carbocycles. The summed E-state index contributed by atoms with van der Waals surface area (Å²) in [6.07, 6.45) is 0.286. The van der Waals surface area contributed by atoms with E-state index >= 15 is 0 Å². The molecule has 0 aliphatic rings. The van der Waals surface area contributed by atoms with Crippen LogP contribution in [0.2, 0.25) is 0 Å². The van der Waals surface area contributed by atoms with Gasteiger partial charge in [0.05, 0.1) is 11.7 Å². The SMILES string of the molecule is NC(CCO)C(=O)c1cc2ccccc2[nH]1. The van der Waals surface area contributed by atoms with Crippen molar-refractivity contribution < 1.29 is 9.90 Å². The second-order valence-corrected chi connectivity index (χ2v) is 3.75. The molecule has 84 valence electrons. The van der Waals surface area contributed by atoms with Crippen LogP contribution in [-0.4, -0.2) is 28.5 Å². The average molecular weight is 218 g/mol. The highest BCUT2D eigenvalue weighted by atomic mass is 16.3. The lowest BCUT2D eigenvalue weighted by atomic mass is 10.1. The summed E-state index contributed by atoms with van der Waals surface area (Å²) in [5.74, 6) is -0.162. The Kier molecular flexibility index (Phi) is 3.03. The van der Waals surface area contributed by atoms with Gasteiger partial charge in [0.1, 0.15) is 0 Å². The van der Waals surface area contributed by atoms with Crippen molar-refractivity contribution in [3.8, 4) is 0 Å². The van der Waals surface area contributed by atoms with Crippen molar-refractivity contribution in [2.24, 2.45) is 5.73 Å². The Labute approximate surface area is 93.1 Å². The topological polar surface area (TPSA) is 79.1 Å². The Hall–Kier alpha value is -1.65. The van der Waals surface area contributed by atoms with Crippen molar-refractivity contribution in [1.29, 1.82) is 0 Å². The van der Waals surface area contributed by atoms with Crippen molar-refractivity contribution in [2.75, 3.05) is 6.61 Å². The molecule has 0 bridgehead atoms. The van der Waals surface area contributed by atoms with E-state index in [9.17, 15) is 4.79 Å². The van der Waals surface area contributed by atoms with Crippen molar-refractivity contribution in [1.82, 2.24) is 4.98 Å². The minimum absolute atomic E-state index is 0.0763. The summed E-state index contributed by atoms with van der Waals surface area (Å²) in [4.78, 5) is 14.9.